The van der Waals surface area contributed by atoms with E-state index in [9.17, 15) is 14.0 Å². The quantitative estimate of drug-likeness (QED) is 0.679. The monoisotopic (exact) mass is 342 g/mol. The number of carbonyl (C=O) groups is 1. The molecule has 0 saturated heterocycles. The summed E-state index contributed by atoms with van der Waals surface area (Å²) in [7, 11) is 1.27. The Morgan fingerprint density at radius 3 is 2.64 bits per heavy atom. The van der Waals surface area contributed by atoms with Crippen LogP contribution in [0.1, 0.15) is 6.92 Å². The van der Waals surface area contributed by atoms with Crippen molar-refractivity contribution in [2.75, 3.05) is 7.11 Å². The molecular formula is C19H15FO5. The molecule has 0 bridgehead atoms. The molecule has 0 amide bonds. The lowest BCUT2D eigenvalue weighted by atomic mass is 10.1. The van der Waals surface area contributed by atoms with Gasteiger partial charge in [0.15, 0.2) is 6.10 Å². The molecule has 0 aliphatic carbocycles. The Kier molecular flexibility index (Phi) is 4.52. The summed E-state index contributed by atoms with van der Waals surface area (Å²) in [6.07, 6.45) is 0.420. The molecule has 2 aromatic carbocycles. The summed E-state index contributed by atoms with van der Waals surface area (Å²) >= 11 is 0. The zero-order valence-corrected chi connectivity index (χ0v) is 13.6. The molecule has 1 heterocycles. The number of hydrogen-bond donors (Lipinski definition) is 0. The molecule has 1 aromatic heterocycles. The molecule has 5 nitrogen and oxygen atoms in total. The average molecular weight is 342 g/mol. The highest BCUT2D eigenvalue weighted by Crippen LogP contribution is 2.25. The van der Waals surface area contributed by atoms with Crippen LogP contribution < -0.4 is 10.2 Å². The molecular weight excluding hydrogens is 327 g/mol. The molecule has 0 N–H and O–H groups in total. The molecule has 3 rings (SSSR count). The van der Waals surface area contributed by atoms with Gasteiger partial charge in [0, 0.05) is 11.6 Å². The highest BCUT2D eigenvalue weighted by molar-refractivity contribution is 5.83. The second-order valence-electron chi connectivity index (χ2n) is 5.40. The minimum absolute atomic E-state index is 0.141. The zero-order chi connectivity index (χ0) is 18.0. The van der Waals surface area contributed by atoms with Gasteiger partial charge in [-0.3, -0.25) is 4.79 Å². The van der Waals surface area contributed by atoms with Crippen LogP contribution in [0.2, 0.25) is 0 Å². The lowest BCUT2D eigenvalue weighted by Crippen LogP contribution is -2.24. The highest BCUT2D eigenvalue weighted by Gasteiger charge is 2.16. The Balaban J connectivity index is 2.01. The van der Waals surface area contributed by atoms with Gasteiger partial charge in [-0.15, -0.1) is 0 Å². The Morgan fingerprint density at radius 2 is 1.92 bits per heavy atom. The number of hydrogen-bond acceptors (Lipinski definition) is 5. The molecule has 0 aliphatic heterocycles. The van der Waals surface area contributed by atoms with Crippen LogP contribution in [-0.2, 0) is 9.53 Å². The summed E-state index contributed by atoms with van der Waals surface area (Å²) in [6.45, 7) is 1.55. The Hall–Kier alpha value is -3.15. The summed E-state index contributed by atoms with van der Waals surface area (Å²) < 4.78 is 29.5. The number of carbonyl (C=O) groups excluding carboxylic acids is 1. The standard InChI is InChI=1S/C19H15FO5/c1-11(19(22)23-2)25-12-7-8-14-17(9-12)24-10-15(18(14)21)13-5-3-4-6-16(13)20/h3-11H,1-2H3. The predicted molar refractivity (Wildman–Crippen MR) is 90.0 cm³/mol. The number of esters is 1. The lowest BCUT2D eigenvalue weighted by molar-refractivity contribution is -0.147. The summed E-state index contributed by atoms with van der Waals surface area (Å²) in [5.74, 6) is -0.662. The fourth-order valence-corrected chi connectivity index (χ4v) is 2.47. The number of fused-ring (bicyclic) bond motifs is 1. The SMILES string of the molecule is COC(=O)C(C)Oc1ccc2c(=O)c(-c3ccccc3F)coc2c1. The molecule has 0 radical (unpaired) electrons. The van der Waals surface area contributed by atoms with E-state index in [4.69, 9.17) is 9.15 Å². The maximum Gasteiger partial charge on any atom is 0.346 e. The first-order valence-electron chi connectivity index (χ1n) is 7.56. The van der Waals surface area contributed by atoms with Crippen LogP contribution in [0.3, 0.4) is 0 Å². The number of methoxy groups -OCH3 is 1. The molecule has 0 saturated carbocycles. The lowest BCUT2D eigenvalue weighted by Gasteiger charge is -2.12. The Morgan fingerprint density at radius 1 is 1.16 bits per heavy atom. The molecule has 0 fully saturated rings. The van der Waals surface area contributed by atoms with Gasteiger partial charge in [-0.2, -0.15) is 0 Å². The third kappa shape index (κ3) is 3.24. The average Bonchev–Trinajstić information content (AvgIpc) is 2.62. The largest absolute Gasteiger partial charge is 0.479 e. The van der Waals surface area contributed by atoms with Crippen LogP contribution >= 0.6 is 0 Å². The van der Waals surface area contributed by atoms with Crippen molar-refractivity contribution in [2.45, 2.75) is 13.0 Å². The van der Waals surface area contributed by atoms with Crippen molar-refractivity contribution in [1.82, 2.24) is 0 Å². The van der Waals surface area contributed by atoms with Crippen molar-refractivity contribution < 1.29 is 23.1 Å². The van der Waals surface area contributed by atoms with Crippen molar-refractivity contribution in [3.8, 4) is 16.9 Å². The molecule has 1 unspecified atom stereocenters. The first-order chi connectivity index (χ1) is 12.0. The van der Waals surface area contributed by atoms with E-state index in [1.54, 1.807) is 25.1 Å². The number of halogens is 1. The van der Waals surface area contributed by atoms with Crippen LogP contribution in [0.5, 0.6) is 5.75 Å². The van der Waals surface area contributed by atoms with Crippen molar-refractivity contribution in [1.29, 1.82) is 0 Å². The van der Waals surface area contributed by atoms with Crippen LogP contribution in [0.25, 0.3) is 22.1 Å². The van der Waals surface area contributed by atoms with Gasteiger partial charge in [0.25, 0.3) is 0 Å². The van der Waals surface area contributed by atoms with Crippen molar-refractivity contribution in [2.24, 2.45) is 0 Å². The third-order valence-corrected chi connectivity index (χ3v) is 3.76. The Labute approximate surface area is 142 Å². The van der Waals surface area contributed by atoms with Gasteiger partial charge in [0.05, 0.1) is 18.1 Å². The van der Waals surface area contributed by atoms with Gasteiger partial charge in [-0.1, -0.05) is 18.2 Å². The predicted octanol–water partition coefficient (Wildman–Crippen LogP) is 3.54. The van der Waals surface area contributed by atoms with Gasteiger partial charge >= 0.3 is 5.97 Å². The normalized spacial score (nSPS) is 12.0. The van der Waals surface area contributed by atoms with E-state index in [-0.39, 0.29) is 22.1 Å². The molecule has 25 heavy (non-hydrogen) atoms. The Bertz CT molecular complexity index is 993. The second kappa shape index (κ2) is 6.76. The number of ether oxygens (including phenoxy) is 2. The van der Waals surface area contributed by atoms with Gasteiger partial charge in [-0.05, 0) is 25.1 Å². The summed E-state index contributed by atoms with van der Waals surface area (Å²) in [5, 5.41) is 0.291. The van der Waals surface area contributed by atoms with Gasteiger partial charge in [0.2, 0.25) is 5.43 Å². The molecule has 0 spiro atoms. The fourth-order valence-electron chi connectivity index (χ4n) is 2.47. The fraction of sp³-hybridized carbons (Fsp3) is 0.158. The van der Waals surface area contributed by atoms with Gasteiger partial charge in [-0.25, -0.2) is 9.18 Å². The minimum atomic E-state index is -0.799. The van der Waals surface area contributed by atoms with Crippen molar-refractivity contribution >= 4 is 16.9 Å². The first kappa shape index (κ1) is 16.7. The van der Waals surface area contributed by atoms with E-state index in [1.165, 1.54) is 37.6 Å². The van der Waals surface area contributed by atoms with Crippen molar-refractivity contribution in [3.05, 3.63) is 64.8 Å². The van der Waals surface area contributed by atoms with Crippen LogP contribution in [0.15, 0.2) is 57.9 Å². The van der Waals surface area contributed by atoms with E-state index < -0.39 is 17.9 Å². The summed E-state index contributed by atoms with van der Waals surface area (Å²) in [5.41, 5.74) is 0.249. The first-order valence-corrected chi connectivity index (χ1v) is 7.56. The maximum absolute atomic E-state index is 13.9. The molecule has 3 aromatic rings. The smallest absolute Gasteiger partial charge is 0.346 e. The maximum atomic E-state index is 13.9. The second-order valence-corrected chi connectivity index (χ2v) is 5.40. The molecule has 128 valence electrons. The van der Waals surface area contributed by atoms with E-state index >= 15 is 0 Å². The van der Waals surface area contributed by atoms with Crippen LogP contribution in [0.4, 0.5) is 4.39 Å². The third-order valence-electron chi connectivity index (χ3n) is 3.76. The van der Waals surface area contributed by atoms with Gasteiger partial charge < -0.3 is 13.9 Å². The van der Waals surface area contributed by atoms with Crippen LogP contribution in [0, 0.1) is 5.82 Å². The zero-order valence-electron chi connectivity index (χ0n) is 13.6. The molecule has 0 aliphatic rings. The molecule has 6 heteroatoms. The van der Waals surface area contributed by atoms with E-state index in [0.717, 1.165) is 0 Å². The molecule has 1 atom stereocenters. The van der Waals surface area contributed by atoms with E-state index in [1.807, 2.05) is 0 Å². The summed E-state index contributed by atoms with van der Waals surface area (Å²) in [6, 6.07) is 10.6. The number of rotatable bonds is 4. The summed E-state index contributed by atoms with van der Waals surface area (Å²) in [4.78, 5) is 24.0. The van der Waals surface area contributed by atoms with E-state index in [0.29, 0.717) is 11.1 Å². The van der Waals surface area contributed by atoms with E-state index in [2.05, 4.69) is 4.74 Å². The van der Waals surface area contributed by atoms with Crippen LogP contribution in [-0.4, -0.2) is 19.2 Å². The topological polar surface area (TPSA) is 65.7 Å². The minimum Gasteiger partial charge on any atom is -0.479 e. The highest BCUT2D eigenvalue weighted by atomic mass is 19.1. The number of benzene rings is 2. The van der Waals surface area contributed by atoms with Gasteiger partial charge in [0.1, 0.15) is 23.4 Å². The van der Waals surface area contributed by atoms with Crippen molar-refractivity contribution in [3.63, 3.8) is 0 Å².